The molecule has 1 unspecified atom stereocenters. The Morgan fingerprint density at radius 2 is 1.43 bits per heavy atom. The van der Waals surface area contributed by atoms with Crippen molar-refractivity contribution in [2.45, 2.75) is 44.6 Å². The molecule has 1 aliphatic heterocycles. The fourth-order valence-corrected chi connectivity index (χ4v) is 1.67. The zero-order valence-electron chi connectivity index (χ0n) is 15.0. The lowest BCUT2D eigenvalue weighted by atomic mass is 9.94. The predicted molar refractivity (Wildman–Crippen MR) is 82.5 cm³/mol. The minimum absolute atomic E-state index is 0.0466. The van der Waals surface area contributed by atoms with Crippen LogP contribution in [-0.2, 0) is 19.1 Å². The Labute approximate surface area is 156 Å². The lowest BCUT2D eigenvalue weighted by molar-refractivity contribution is -0.193. The van der Waals surface area contributed by atoms with Crippen molar-refractivity contribution in [3.63, 3.8) is 0 Å². The van der Waals surface area contributed by atoms with Crippen LogP contribution in [0.3, 0.4) is 0 Å². The van der Waals surface area contributed by atoms with E-state index in [0.717, 1.165) is 26.1 Å². The Bertz CT molecular complexity index is 480. The number of carbonyl (C=O) groups is 3. The van der Waals surface area contributed by atoms with E-state index in [0.29, 0.717) is 13.0 Å². The molecule has 1 atom stereocenters. The topological polar surface area (TPSA) is 125 Å². The number of nitrogens with one attached hydrogen (secondary N) is 2. The van der Waals surface area contributed by atoms with Gasteiger partial charge in [0.2, 0.25) is 0 Å². The van der Waals surface area contributed by atoms with Gasteiger partial charge in [-0.15, -0.1) is 0 Å². The van der Waals surface area contributed by atoms with Crippen LogP contribution in [0.2, 0.25) is 0 Å². The average molecular weight is 428 g/mol. The number of alkyl halides is 6. The van der Waals surface area contributed by atoms with Crippen molar-refractivity contribution in [2.24, 2.45) is 0 Å². The van der Waals surface area contributed by atoms with Crippen LogP contribution in [0.25, 0.3) is 0 Å². The molecule has 0 aromatic rings. The molecule has 1 fully saturated rings. The first-order valence-corrected chi connectivity index (χ1v) is 7.76. The highest BCUT2D eigenvalue weighted by Gasteiger charge is 2.38. The molecule has 1 aliphatic rings. The van der Waals surface area contributed by atoms with Gasteiger partial charge < -0.3 is 25.6 Å². The van der Waals surface area contributed by atoms with E-state index in [9.17, 15) is 31.1 Å². The molecule has 0 saturated carbocycles. The number of ether oxygens (including phenoxy) is 1. The fourth-order valence-electron chi connectivity index (χ4n) is 1.67. The number of rotatable bonds is 4. The molecule has 0 aliphatic carbocycles. The number of carboxylic acids is 2. The zero-order valence-corrected chi connectivity index (χ0v) is 15.0. The van der Waals surface area contributed by atoms with Gasteiger partial charge in [0.05, 0.1) is 6.61 Å². The van der Waals surface area contributed by atoms with Crippen molar-refractivity contribution >= 4 is 17.9 Å². The fraction of sp³-hybridized carbons (Fsp3) is 0.786. The van der Waals surface area contributed by atoms with Gasteiger partial charge in [0.25, 0.3) is 0 Å². The zero-order chi connectivity index (χ0) is 22.6. The largest absolute Gasteiger partial charge is 0.490 e. The van der Waals surface area contributed by atoms with Crippen LogP contribution in [0, 0.1) is 0 Å². The first-order chi connectivity index (χ1) is 12.5. The number of halogens is 6. The van der Waals surface area contributed by atoms with E-state index in [4.69, 9.17) is 24.5 Å². The smallest absolute Gasteiger partial charge is 0.475 e. The molecule has 14 heteroatoms. The third-order valence-electron chi connectivity index (χ3n) is 3.04. The molecule has 8 nitrogen and oxygen atoms in total. The number of esters is 1. The second kappa shape index (κ2) is 12.4. The minimum Gasteiger partial charge on any atom is -0.475 e. The summed E-state index contributed by atoms with van der Waals surface area (Å²) in [4.78, 5) is 28.9. The first-order valence-electron chi connectivity index (χ1n) is 7.76. The van der Waals surface area contributed by atoms with Crippen molar-refractivity contribution in [3.8, 4) is 0 Å². The van der Waals surface area contributed by atoms with Gasteiger partial charge in [0.15, 0.2) is 0 Å². The maximum Gasteiger partial charge on any atom is 0.490 e. The second-order valence-electron chi connectivity index (χ2n) is 5.58. The van der Waals surface area contributed by atoms with E-state index in [1.165, 1.54) is 0 Å². The highest BCUT2D eigenvalue weighted by Crippen LogP contribution is 2.14. The van der Waals surface area contributed by atoms with Gasteiger partial charge in [-0.25, -0.2) is 9.59 Å². The molecule has 1 heterocycles. The van der Waals surface area contributed by atoms with Crippen LogP contribution in [0.4, 0.5) is 26.3 Å². The molecule has 0 radical (unpaired) electrons. The van der Waals surface area contributed by atoms with Crippen LogP contribution < -0.4 is 10.6 Å². The first kappa shape index (κ1) is 28.1. The van der Waals surface area contributed by atoms with Crippen LogP contribution in [0.5, 0.6) is 0 Å². The summed E-state index contributed by atoms with van der Waals surface area (Å²) in [7, 11) is 0. The summed E-state index contributed by atoms with van der Waals surface area (Å²) in [6, 6.07) is 0. The molecule has 0 aromatic heterocycles. The summed E-state index contributed by atoms with van der Waals surface area (Å²) in [5, 5.41) is 21.0. The summed E-state index contributed by atoms with van der Waals surface area (Å²) < 4.78 is 68.4. The average Bonchev–Trinajstić information content (AvgIpc) is 2.53. The normalized spacial score (nSPS) is 19.3. The van der Waals surface area contributed by atoms with Crippen LogP contribution in [0.15, 0.2) is 0 Å². The molecule has 0 amide bonds. The molecule has 0 aromatic carbocycles. The second-order valence-corrected chi connectivity index (χ2v) is 5.58. The van der Waals surface area contributed by atoms with Gasteiger partial charge in [0.1, 0.15) is 0 Å². The molecular formula is C14H22F6N2O6. The Morgan fingerprint density at radius 3 is 1.71 bits per heavy atom. The number of carboxylic acid groups (broad SMARTS) is 2. The molecule has 1 rings (SSSR count). The number of hydrogen-bond donors (Lipinski definition) is 4. The number of piperazine rings is 1. The van der Waals surface area contributed by atoms with Gasteiger partial charge in [-0.2, -0.15) is 26.3 Å². The van der Waals surface area contributed by atoms with Gasteiger partial charge >= 0.3 is 30.3 Å². The van der Waals surface area contributed by atoms with Gasteiger partial charge in [-0.3, -0.25) is 4.79 Å². The standard InChI is InChI=1S/C10H20N2O2.2C2HF3O2/c1-3-14-9(13)4-5-10(2)8-11-6-7-12-10;2*3-2(4,5)1(6)7/h11-12H,3-8H2,1-2H3;2*(H,6,7). The third-order valence-corrected chi connectivity index (χ3v) is 3.04. The van der Waals surface area contributed by atoms with E-state index >= 15 is 0 Å². The molecule has 0 spiro atoms. The van der Waals surface area contributed by atoms with E-state index < -0.39 is 24.3 Å². The molecule has 1 saturated heterocycles. The highest BCUT2D eigenvalue weighted by atomic mass is 19.4. The third kappa shape index (κ3) is 15.0. The molecule has 0 bridgehead atoms. The summed E-state index contributed by atoms with van der Waals surface area (Å²) in [6.07, 6.45) is -8.84. The van der Waals surface area contributed by atoms with Crippen molar-refractivity contribution in [1.82, 2.24) is 10.6 Å². The summed E-state index contributed by atoms with van der Waals surface area (Å²) in [5.74, 6) is -5.61. The molecule has 166 valence electrons. The Balaban J connectivity index is 0. The molecule has 28 heavy (non-hydrogen) atoms. The van der Waals surface area contributed by atoms with E-state index in [2.05, 4.69) is 17.6 Å². The maximum atomic E-state index is 11.2. The Hall–Kier alpha value is -2.09. The summed E-state index contributed by atoms with van der Waals surface area (Å²) in [5.41, 5.74) is 0.0466. The SMILES string of the molecule is CCOC(=O)CCC1(C)CNCCN1.O=C(O)C(F)(F)F.O=C(O)C(F)(F)F. The van der Waals surface area contributed by atoms with E-state index in [-0.39, 0.29) is 11.5 Å². The van der Waals surface area contributed by atoms with Crippen molar-refractivity contribution in [2.75, 3.05) is 26.2 Å². The van der Waals surface area contributed by atoms with E-state index in [1.54, 1.807) is 0 Å². The van der Waals surface area contributed by atoms with E-state index in [1.807, 2.05) is 6.92 Å². The maximum absolute atomic E-state index is 11.2. The van der Waals surface area contributed by atoms with Crippen molar-refractivity contribution in [3.05, 3.63) is 0 Å². The number of hydrogen-bond acceptors (Lipinski definition) is 6. The van der Waals surface area contributed by atoms with Gasteiger partial charge in [-0.1, -0.05) is 0 Å². The van der Waals surface area contributed by atoms with Gasteiger partial charge in [-0.05, 0) is 20.3 Å². The van der Waals surface area contributed by atoms with Crippen LogP contribution in [-0.4, -0.2) is 72.3 Å². The number of carbonyl (C=O) groups excluding carboxylic acids is 1. The van der Waals surface area contributed by atoms with Crippen molar-refractivity contribution in [1.29, 1.82) is 0 Å². The predicted octanol–water partition coefficient (Wildman–Crippen LogP) is 1.55. The van der Waals surface area contributed by atoms with Crippen LogP contribution >= 0.6 is 0 Å². The summed E-state index contributed by atoms with van der Waals surface area (Å²) >= 11 is 0. The molecular weight excluding hydrogens is 406 g/mol. The lowest BCUT2D eigenvalue weighted by Gasteiger charge is -2.35. The number of aliphatic carboxylic acids is 2. The van der Waals surface area contributed by atoms with Crippen molar-refractivity contribution < 1.29 is 55.7 Å². The monoisotopic (exact) mass is 428 g/mol. The van der Waals surface area contributed by atoms with Gasteiger partial charge in [0, 0.05) is 31.6 Å². The highest BCUT2D eigenvalue weighted by molar-refractivity contribution is 5.73. The minimum atomic E-state index is -5.08. The Kier molecular flexibility index (Phi) is 12.4. The lowest BCUT2D eigenvalue weighted by Crippen LogP contribution is -2.57. The summed E-state index contributed by atoms with van der Waals surface area (Å²) in [6.45, 7) is 7.35. The molecule has 4 N–H and O–H groups in total. The Morgan fingerprint density at radius 1 is 1.00 bits per heavy atom. The van der Waals surface area contributed by atoms with Crippen LogP contribution in [0.1, 0.15) is 26.7 Å². The quantitative estimate of drug-likeness (QED) is 0.393.